The number of carbonyl (C=O) groups excluding carboxylic acids is 2. The molecule has 2 amide bonds. The monoisotopic (exact) mass is 410 g/mol. The van der Waals surface area contributed by atoms with E-state index in [1.807, 2.05) is 12.1 Å². The fraction of sp³-hybridized carbons (Fsp3) is 0.182. The van der Waals surface area contributed by atoms with Crippen molar-refractivity contribution in [2.45, 2.75) is 18.9 Å². The lowest BCUT2D eigenvalue weighted by molar-refractivity contribution is -0.119. The first-order valence-corrected chi connectivity index (χ1v) is 9.67. The zero-order valence-electron chi connectivity index (χ0n) is 15.5. The van der Waals surface area contributed by atoms with Crippen molar-refractivity contribution < 1.29 is 18.7 Å². The molecular formula is C22H19ClN2O4. The second kappa shape index (κ2) is 8.41. The summed E-state index contributed by atoms with van der Waals surface area (Å²) in [7, 11) is 0. The van der Waals surface area contributed by atoms with Crippen LogP contribution in [0.25, 0.3) is 0 Å². The van der Waals surface area contributed by atoms with Crippen LogP contribution in [0.4, 0.5) is 5.69 Å². The highest BCUT2D eigenvalue weighted by molar-refractivity contribution is 6.32. The molecule has 2 aromatic carbocycles. The third kappa shape index (κ3) is 4.27. The summed E-state index contributed by atoms with van der Waals surface area (Å²) in [6.45, 7) is 0.530. The highest BCUT2D eigenvalue weighted by Gasteiger charge is 2.35. The molecule has 6 nitrogen and oxygen atoms in total. The van der Waals surface area contributed by atoms with Crippen LogP contribution in [0.1, 0.15) is 23.4 Å². The smallest absolute Gasteiger partial charge is 0.290 e. The number of nitrogens with one attached hydrogen (secondary N) is 1. The minimum atomic E-state index is -0.522. The van der Waals surface area contributed by atoms with E-state index in [1.54, 1.807) is 53.4 Å². The molecular weight excluding hydrogens is 392 g/mol. The Balaban J connectivity index is 1.40. The Labute approximate surface area is 173 Å². The van der Waals surface area contributed by atoms with Gasteiger partial charge in [0.2, 0.25) is 5.91 Å². The standard InChI is InChI=1S/C22H19ClN2O4/c23-17-5-1-2-7-19(17)29-16-11-9-15(10-12-16)24-21(26)18-6-3-13-25(18)22(27)20-8-4-14-28-20/h1-2,4-5,7-12,14,18H,3,6,13H2,(H,24,26)/t18-/m0/s1. The van der Waals surface area contributed by atoms with Crippen molar-refractivity contribution in [3.05, 3.63) is 77.7 Å². The minimum Gasteiger partial charge on any atom is -0.459 e. The summed E-state index contributed by atoms with van der Waals surface area (Å²) in [5.41, 5.74) is 0.624. The summed E-state index contributed by atoms with van der Waals surface area (Å²) in [6.07, 6.45) is 2.84. The first kappa shape index (κ1) is 19.1. The summed E-state index contributed by atoms with van der Waals surface area (Å²) >= 11 is 6.10. The summed E-state index contributed by atoms with van der Waals surface area (Å²) in [4.78, 5) is 26.8. The van der Waals surface area contributed by atoms with Gasteiger partial charge < -0.3 is 19.4 Å². The van der Waals surface area contributed by atoms with Crippen LogP contribution in [0, 0.1) is 0 Å². The van der Waals surface area contributed by atoms with E-state index >= 15 is 0 Å². The number of benzene rings is 2. The van der Waals surface area contributed by atoms with Crippen molar-refractivity contribution in [3.63, 3.8) is 0 Å². The lowest BCUT2D eigenvalue weighted by atomic mass is 10.2. The Hall–Kier alpha value is -3.25. The average molecular weight is 411 g/mol. The molecule has 2 heterocycles. The normalized spacial score (nSPS) is 15.9. The van der Waals surface area contributed by atoms with Crippen molar-refractivity contribution in [1.82, 2.24) is 4.90 Å². The maximum absolute atomic E-state index is 12.7. The van der Waals surface area contributed by atoms with Gasteiger partial charge in [-0.25, -0.2) is 0 Å². The topological polar surface area (TPSA) is 71.8 Å². The maximum Gasteiger partial charge on any atom is 0.290 e. The predicted molar refractivity (Wildman–Crippen MR) is 109 cm³/mol. The molecule has 1 aliphatic heterocycles. The molecule has 0 bridgehead atoms. The molecule has 0 spiro atoms. The van der Waals surface area contributed by atoms with Gasteiger partial charge in [0.25, 0.3) is 5.91 Å². The minimum absolute atomic E-state index is 0.220. The molecule has 1 saturated heterocycles. The van der Waals surface area contributed by atoms with Gasteiger partial charge in [-0.1, -0.05) is 23.7 Å². The average Bonchev–Trinajstić information content (AvgIpc) is 3.43. The number of carbonyl (C=O) groups is 2. The zero-order chi connectivity index (χ0) is 20.2. The Morgan fingerprint density at radius 1 is 1.07 bits per heavy atom. The fourth-order valence-electron chi connectivity index (χ4n) is 3.31. The second-order valence-electron chi connectivity index (χ2n) is 6.68. The van der Waals surface area contributed by atoms with Crippen LogP contribution in [-0.4, -0.2) is 29.3 Å². The summed E-state index contributed by atoms with van der Waals surface area (Å²) in [5.74, 6) is 0.916. The van der Waals surface area contributed by atoms with E-state index in [9.17, 15) is 9.59 Å². The van der Waals surface area contributed by atoms with Gasteiger partial charge >= 0.3 is 0 Å². The molecule has 1 aromatic heterocycles. The molecule has 0 saturated carbocycles. The number of para-hydroxylation sites is 1. The summed E-state index contributed by atoms with van der Waals surface area (Å²) in [5, 5.41) is 3.39. The third-order valence-electron chi connectivity index (χ3n) is 4.73. The largest absolute Gasteiger partial charge is 0.459 e. The molecule has 4 rings (SSSR count). The third-order valence-corrected chi connectivity index (χ3v) is 5.05. The van der Waals surface area contributed by atoms with Crippen molar-refractivity contribution in [3.8, 4) is 11.5 Å². The lowest BCUT2D eigenvalue weighted by Crippen LogP contribution is -2.43. The quantitative estimate of drug-likeness (QED) is 0.644. The predicted octanol–water partition coefficient (Wildman–Crippen LogP) is 4.97. The molecule has 0 radical (unpaired) electrons. The van der Waals surface area contributed by atoms with Crippen LogP contribution in [0.5, 0.6) is 11.5 Å². The number of furan rings is 1. The lowest BCUT2D eigenvalue weighted by Gasteiger charge is -2.23. The molecule has 1 fully saturated rings. The number of rotatable bonds is 5. The number of nitrogens with zero attached hydrogens (tertiary/aromatic N) is 1. The summed E-state index contributed by atoms with van der Waals surface area (Å²) in [6, 6.07) is 16.9. The number of anilines is 1. The van der Waals surface area contributed by atoms with Crippen LogP contribution in [0.15, 0.2) is 71.3 Å². The van der Waals surface area contributed by atoms with E-state index in [-0.39, 0.29) is 17.6 Å². The van der Waals surface area contributed by atoms with Gasteiger partial charge in [-0.3, -0.25) is 9.59 Å². The van der Waals surface area contributed by atoms with Crippen molar-refractivity contribution in [1.29, 1.82) is 0 Å². The van der Waals surface area contributed by atoms with E-state index in [0.717, 1.165) is 6.42 Å². The first-order chi connectivity index (χ1) is 14.1. The number of halogens is 1. The Bertz CT molecular complexity index is 1000. The van der Waals surface area contributed by atoms with E-state index < -0.39 is 6.04 Å². The number of likely N-dealkylation sites (tertiary alicyclic amines) is 1. The summed E-state index contributed by atoms with van der Waals surface area (Å²) < 4.78 is 10.9. The van der Waals surface area contributed by atoms with E-state index in [4.69, 9.17) is 20.8 Å². The highest BCUT2D eigenvalue weighted by Crippen LogP contribution is 2.29. The van der Waals surface area contributed by atoms with Gasteiger partial charge in [0, 0.05) is 12.2 Å². The number of ether oxygens (including phenoxy) is 1. The Kier molecular flexibility index (Phi) is 5.53. The molecule has 0 unspecified atom stereocenters. The van der Waals surface area contributed by atoms with Crippen LogP contribution < -0.4 is 10.1 Å². The van der Waals surface area contributed by atoms with Gasteiger partial charge in [-0.2, -0.15) is 0 Å². The van der Waals surface area contributed by atoms with Crippen molar-refractivity contribution in [2.24, 2.45) is 0 Å². The van der Waals surface area contributed by atoms with Gasteiger partial charge in [-0.15, -0.1) is 0 Å². The van der Waals surface area contributed by atoms with Crippen molar-refractivity contribution in [2.75, 3.05) is 11.9 Å². The van der Waals surface area contributed by atoms with E-state index in [1.165, 1.54) is 6.26 Å². The van der Waals surface area contributed by atoms with E-state index in [0.29, 0.717) is 35.2 Å². The van der Waals surface area contributed by atoms with Gasteiger partial charge in [0.05, 0.1) is 11.3 Å². The number of hydrogen-bond donors (Lipinski definition) is 1. The van der Waals surface area contributed by atoms with Gasteiger partial charge in [0.15, 0.2) is 5.76 Å². The molecule has 1 N–H and O–H groups in total. The molecule has 7 heteroatoms. The fourth-order valence-corrected chi connectivity index (χ4v) is 3.48. The highest BCUT2D eigenvalue weighted by atomic mass is 35.5. The molecule has 1 atom stereocenters. The van der Waals surface area contributed by atoms with Crippen LogP contribution in [0.2, 0.25) is 5.02 Å². The molecule has 1 aliphatic rings. The maximum atomic E-state index is 12.7. The van der Waals surface area contributed by atoms with Gasteiger partial charge in [0.1, 0.15) is 17.5 Å². The SMILES string of the molecule is O=C(Nc1ccc(Oc2ccccc2Cl)cc1)[C@@H]1CCCN1C(=O)c1ccco1. The van der Waals surface area contributed by atoms with Crippen molar-refractivity contribution >= 4 is 29.1 Å². The first-order valence-electron chi connectivity index (χ1n) is 9.29. The van der Waals surface area contributed by atoms with Gasteiger partial charge in [-0.05, 0) is 61.4 Å². The number of hydrogen-bond acceptors (Lipinski definition) is 4. The second-order valence-corrected chi connectivity index (χ2v) is 7.09. The number of amides is 2. The Morgan fingerprint density at radius 2 is 1.86 bits per heavy atom. The molecule has 29 heavy (non-hydrogen) atoms. The van der Waals surface area contributed by atoms with Crippen LogP contribution in [-0.2, 0) is 4.79 Å². The molecule has 0 aliphatic carbocycles. The molecule has 3 aromatic rings. The molecule has 148 valence electrons. The van der Waals surface area contributed by atoms with Crippen LogP contribution >= 0.6 is 11.6 Å². The van der Waals surface area contributed by atoms with E-state index in [2.05, 4.69) is 5.32 Å². The Morgan fingerprint density at radius 3 is 2.59 bits per heavy atom. The van der Waals surface area contributed by atoms with Crippen LogP contribution in [0.3, 0.4) is 0 Å². The zero-order valence-corrected chi connectivity index (χ0v) is 16.3.